The summed E-state index contributed by atoms with van der Waals surface area (Å²) in [6.45, 7) is 3.34. The summed E-state index contributed by atoms with van der Waals surface area (Å²) >= 11 is 0. The minimum Gasteiger partial charge on any atom is -0.338 e. The van der Waals surface area contributed by atoms with Crippen LogP contribution in [0.3, 0.4) is 0 Å². The van der Waals surface area contributed by atoms with Gasteiger partial charge in [0, 0.05) is 36.6 Å². The van der Waals surface area contributed by atoms with Gasteiger partial charge in [-0.3, -0.25) is 4.79 Å². The Morgan fingerprint density at radius 2 is 1.75 bits per heavy atom. The molecule has 3 aromatic carbocycles. The van der Waals surface area contributed by atoms with E-state index in [2.05, 4.69) is 15.1 Å². The molecule has 180 valence electrons. The van der Waals surface area contributed by atoms with Crippen LogP contribution < -0.4 is 4.90 Å². The third-order valence-electron chi connectivity index (χ3n) is 6.59. The van der Waals surface area contributed by atoms with Crippen LogP contribution >= 0.6 is 0 Å². The summed E-state index contributed by atoms with van der Waals surface area (Å²) in [5, 5.41) is 9.57. The molecule has 7 nitrogen and oxygen atoms in total. The highest BCUT2D eigenvalue weighted by atomic mass is 19.1. The van der Waals surface area contributed by atoms with Crippen molar-refractivity contribution in [1.29, 1.82) is 0 Å². The van der Waals surface area contributed by atoms with Crippen LogP contribution in [0, 0.1) is 11.6 Å². The van der Waals surface area contributed by atoms with E-state index in [0.29, 0.717) is 48.2 Å². The summed E-state index contributed by atoms with van der Waals surface area (Å²) < 4.78 is 30.3. The number of benzene rings is 3. The van der Waals surface area contributed by atoms with E-state index in [-0.39, 0.29) is 11.9 Å². The van der Waals surface area contributed by atoms with Crippen molar-refractivity contribution in [3.63, 3.8) is 0 Å². The van der Waals surface area contributed by atoms with Crippen molar-refractivity contribution in [2.24, 2.45) is 0 Å². The first-order chi connectivity index (χ1) is 17.5. The maximum absolute atomic E-state index is 14.8. The first-order valence-corrected chi connectivity index (χ1v) is 11.7. The number of nitrogens with zero attached hydrogens (tertiary/aromatic N) is 6. The maximum atomic E-state index is 14.8. The van der Waals surface area contributed by atoms with E-state index in [4.69, 9.17) is 4.98 Å². The first kappa shape index (κ1) is 22.1. The van der Waals surface area contributed by atoms with Gasteiger partial charge in [-0.05, 0) is 49.4 Å². The molecule has 0 bridgehead atoms. The van der Waals surface area contributed by atoms with Crippen molar-refractivity contribution in [3.8, 4) is 11.4 Å². The third kappa shape index (κ3) is 3.64. The number of hydrogen-bond donors (Lipinski definition) is 0. The topological polar surface area (TPSA) is 66.6 Å². The van der Waals surface area contributed by atoms with Gasteiger partial charge < -0.3 is 9.80 Å². The van der Waals surface area contributed by atoms with Crippen molar-refractivity contribution in [2.45, 2.75) is 13.0 Å². The highest BCUT2D eigenvalue weighted by Crippen LogP contribution is 2.30. The van der Waals surface area contributed by atoms with Crippen LogP contribution in [0.15, 0.2) is 72.8 Å². The van der Waals surface area contributed by atoms with Crippen molar-refractivity contribution in [3.05, 3.63) is 90.0 Å². The minimum atomic E-state index is -0.442. The van der Waals surface area contributed by atoms with E-state index < -0.39 is 11.6 Å². The smallest absolute Gasteiger partial charge is 0.254 e. The SMILES string of the molecule is CC1CN(c2nc3ccccc3c3nnc(-c4ccccc4F)n23)CCN1C(=O)c1cccc(F)c1. The molecule has 1 fully saturated rings. The molecule has 0 radical (unpaired) electrons. The number of halogens is 2. The lowest BCUT2D eigenvalue weighted by Crippen LogP contribution is -2.54. The van der Waals surface area contributed by atoms with E-state index in [1.165, 1.54) is 24.3 Å². The fourth-order valence-electron chi connectivity index (χ4n) is 4.82. The van der Waals surface area contributed by atoms with E-state index >= 15 is 0 Å². The molecular weight excluding hydrogens is 462 g/mol. The molecule has 0 aliphatic carbocycles. The normalized spacial score (nSPS) is 16.1. The summed E-state index contributed by atoms with van der Waals surface area (Å²) in [6, 6.07) is 19.6. The summed E-state index contributed by atoms with van der Waals surface area (Å²) in [6.07, 6.45) is 0. The molecule has 5 aromatic rings. The molecular formula is C27H22F2N6O. The molecule has 1 saturated heterocycles. The summed E-state index contributed by atoms with van der Waals surface area (Å²) in [7, 11) is 0. The number of carbonyl (C=O) groups is 1. The number of piperazine rings is 1. The van der Waals surface area contributed by atoms with Crippen LogP contribution in [0.4, 0.5) is 14.7 Å². The molecule has 2 aromatic heterocycles. The molecule has 1 aliphatic heterocycles. The van der Waals surface area contributed by atoms with Crippen molar-refractivity contribution < 1.29 is 13.6 Å². The number of para-hydroxylation sites is 1. The van der Waals surface area contributed by atoms with Crippen LogP contribution in [0.1, 0.15) is 17.3 Å². The van der Waals surface area contributed by atoms with Crippen LogP contribution in [0.2, 0.25) is 0 Å². The third-order valence-corrected chi connectivity index (χ3v) is 6.59. The Morgan fingerprint density at radius 3 is 2.56 bits per heavy atom. The van der Waals surface area contributed by atoms with E-state index in [0.717, 1.165) is 10.9 Å². The van der Waals surface area contributed by atoms with Gasteiger partial charge >= 0.3 is 0 Å². The lowest BCUT2D eigenvalue weighted by molar-refractivity contribution is 0.0672. The first-order valence-electron chi connectivity index (χ1n) is 11.7. The number of carbonyl (C=O) groups excluding carboxylic acids is 1. The Hall–Kier alpha value is -4.40. The van der Waals surface area contributed by atoms with Gasteiger partial charge in [0.2, 0.25) is 5.95 Å². The van der Waals surface area contributed by atoms with Crippen LogP contribution in [0.5, 0.6) is 0 Å². The Kier molecular flexibility index (Phi) is 5.32. The fourth-order valence-corrected chi connectivity index (χ4v) is 4.82. The van der Waals surface area contributed by atoms with Gasteiger partial charge in [0.1, 0.15) is 11.6 Å². The number of aromatic nitrogens is 4. The van der Waals surface area contributed by atoms with Gasteiger partial charge in [-0.2, -0.15) is 0 Å². The Labute approximate surface area is 205 Å². The van der Waals surface area contributed by atoms with Crippen LogP contribution in [-0.2, 0) is 0 Å². The number of rotatable bonds is 3. The highest BCUT2D eigenvalue weighted by molar-refractivity contribution is 5.95. The number of anilines is 1. The van der Waals surface area contributed by atoms with E-state index in [1.807, 2.05) is 31.2 Å². The minimum absolute atomic E-state index is 0.175. The maximum Gasteiger partial charge on any atom is 0.254 e. The predicted octanol–water partition coefficient (Wildman–Crippen LogP) is 4.57. The molecule has 1 atom stereocenters. The van der Waals surface area contributed by atoms with Crippen molar-refractivity contribution in [1.82, 2.24) is 24.5 Å². The highest BCUT2D eigenvalue weighted by Gasteiger charge is 2.31. The second-order valence-corrected chi connectivity index (χ2v) is 8.90. The molecule has 1 unspecified atom stereocenters. The van der Waals surface area contributed by atoms with Crippen LogP contribution in [0.25, 0.3) is 27.9 Å². The van der Waals surface area contributed by atoms with Crippen molar-refractivity contribution >= 4 is 28.4 Å². The zero-order valence-corrected chi connectivity index (χ0v) is 19.5. The van der Waals surface area contributed by atoms with Gasteiger partial charge in [-0.1, -0.05) is 30.3 Å². The second kappa shape index (κ2) is 8.67. The lowest BCUT2D eigenvalue weighted by atomic mass is 10.1. The van der Waals surface area contributed by atoms with Crippen molar-refractivity contribution in [2.75, 3.05) is 24.5 Å². The zero-order valence-electron chi connectivity index (χ0n) is 19.5. The largest absolute Gasteiger partial charge is 0.338 e. The molecule has 6 rings (SSSR count). The van der Waals surface area contributed by atoms with E-state index in [9.17, 15) is 13.6 Å². The summed E-state index contributed by atoms with van der Waals surface area (Å²) in [4.78, 5) is 21.8. The summed E-state index contributed by atoms with van der Waals surface area (Å²) in [5.74, 6) is -0.110. The molecule has 0 saturated carbocycles. The van der Waals surface area contributed by atoms with Gasteiger partial charge in [-0.25, -0.2) is 18.2 Å². The number of hydrogen-bond acceptors (Lipinski definition) is 5. The molecule has 3 heterocycles. The molecule has 9 heteroatoms. The molecule has 36 heavy (non-hydrogen) atoms. The zero-order chi connectivity index (χ0) is 24.8. The Bertz CT molecular complexity index is 1620. The van der Waals surface area contributed by atoms with Gasteiger partial charge in [0.25, 0.3) is 5.91 Å². The quantitative estimate of drug-likeness (QED) is 0.375. The van der Waals surface area contributed by atoms with Gasteiger partial charge in [0.15, 0.2) is 11.5 Å². The molecule has 1 amide bonds. The average Bonchev–Trinajstić information content (AvgIpc) is 3.33. The Morgan fingerprint density at radius 1 is 0.944 bits per heavy atom. The van der Waals surface area contributed by atoms with Gasteiger partial charge in [-0.15, -0.1) is 10.2 Å². The van der Waals surface area contributed by atoms with Gasteiger partial charge in [0.05, 0.1) is 11.1 Å². The number of fused-ring (bicyclic) bond motifs is 3. The predicted molar refractivity (Wildman–Crippen MR) is 133 cm³/mol. The van der Waals surface area contributed by atoms with E-state index in [1.54, 1.807) is 33.6 Å². The number of amides is 1. The second-order valence-electron chi connectivity index (χ2n) is 8.90. The summed E-state index contributed by atoms with van der Waals surface area (Å²) in [5.41, 5.74) is 1.98. The molecule has 1 aliphatic rings. The monoisotopic (exact) mass is 484 g/mol. The average molecular weight is 485 g/mol. The molecule has 0 N–H and O–H groups in total. The standard InChI is InChI=1S/C27H22F2N6O/c1-17-16-33(13-14-34(17)26(36)18-7-6-8-19(28)15-18)27-30-23-12-5-3-10-21(23)25-32-31-24(35(25)27)20-9-2-4-11-22(20)29/h2-12,15,17H,13-14,16H2,1H3. The molecule has 0 spiro atoms. The fraction of sp³-hybridized carbons (Fsp3) is 0.185. The lowest BCUT2D eigenvalue weighted by Gasteiger charge is -2.40. The van der Waals surface area contributed by atoms with Crippen LogP contribution in [-0.4, -0.2) is 56.1 Å². The Balaban J connectivity index is 1.42.